The van der Waals surface area contributed by atoms with Crippen molar-refractivity contribution in [2.24, 2.45) is 5.92 Å². The average molecular weight is 297 g/mol. The van der Waals surface area contributed by atoms with Crippen molar-refractivity contribution in [3.8, 4) is 0 Å². The number of piperidine rings is 1. The van der Waals surface area contributed by atoms with Crippen LogP contribution in [0.2, 0.25) is 5.02 Å². The molecule has 4 heteroatoms. The van der Waals surface area contributed by atoms with Gasteiger partial charge in [0.25, 0.3) is 0 Å². The Balaban J connectivity index is 1.87. The minimum atomic E-state index is 0.320. The first-order chi connectivity index (χ1) is 9.72. The largest absolute Gasteiger partial charge is 0.396 e. The van der Waals surface area contributed by atoms with Crippen LogP contribution in [-0.2, 0) is 0 Å². The molecule has 20 heavy (non-hydrogen) atoms. The van der Waals surface area contributed by atoms with Gasteiger partial charge in [-0.1, -0.05) is 23.7 Å². The Kier molecular flexibility index (Phi) is 6.30. The number of benzene rings is 1. The highest BCUT2D eigenvalue weighted by molar-refractivity contribution is 6.30. The van der Waals surface area contributed by atoms with Gasteiger partial charge in [0, 0.05) is 24.2 Å². The topological polar surface area (TPSA) is 35.5 Å². The monoisotopic (exact) mass is 296 g/mol. The van der Waals surface area contributed by atoms with Crippen molar-refractivity contribution >= 4 is 11.6 Å². The second kappa shape index (κ2) is 7.99. The maximum atomic E-state index is 9.29. The fourth-order valence-corrected chi connectivity index (χ4v) is 3.21. The van der Waals surface area contributed by atoms with Gasteiger partial charge in [-0.2, -0.15) is 0 Å². The van der Waals surface area contributed by atoms with Gasteiger partial charge in [0.15, 0.2) is 0 Å². The summed E-state index contributed by atoms with van der Waals surface area (Å²) in [6, 6.07) is 8.41. The van der Waals surface area contributed by atoms with Crippen LogP contribution >= 0.6 is 11.6 Å². The molecule has 1 aliphatic heterocycles. The van der Waals surface area contributed by atoms with E-state index in [0.29, 0.717) is 18.6 Å². The molecule has 0 bridgehead atoms. The Morgan fingerprint density at radius 3 is 3.05 bits per heavy atom. The molecule has 1 aromatic carbocycles. The summed E-state index contributed by atoms with van der Waals surface area (Å²) in [5, 5.41) is 13.5. The third kappa shape index (κ3) is 4.45. The van der Waals surface area contributed by atoms with Gasteiger partial charge in [0.2, 0.25) is 0 Å². The normalized spacial score (nSPS) is 21.9. The van der Waals surface area contributed by atoms with E-state index in [0.717, 1.165) is 37.5 Å². The molecule has 0 aromatic heterocycles. The molecular weight excluding hydrogens is 272 g/mol. The lowest BCUT2D eigenvalue weighted by atomic mass is 9.98. The first kappa shape index (κ1) is 15.8. The summed E-state index contributed by atoms with van der Waals surface area (Å²) in [7, 11) is 2.00. The smallest absolute Gasteiger partial charge is 0.0471 e. The van der Waals surface area contributed by atoms with E-state index in [9.17, 15) is 5.11 Å². The van der Waals surface area contributed by atoms with Gasteiger partial charge in [-0.3, -0.25) is 0 Å². The molecule has 1 saturated heterocycles. The highest BCUT2D eigenvalue weighted by atomic mass is 35.5. The van der Waals surface area contributed by atoms with Gasteiger partial charge < -0.3 is 15.3 Å². The number of hydrogen-bond acceptors (Lipinski definition) is 3. The van der Waals surface area contributed by atoms with E-state index in [-0.39, 0.29) is 0 Å². The van der Waals surface area contributed by atoms with Crippen LogP contribution < -0.4 is 5.32 Å². The quantitative estimate of drug-likeness (QED) is 0.847. The number of nitrogens with one attached hydrogen (secondary N) is 1. The summed E-state index contributed by atoms with van der Waals surface area (Å²) in [6.45, 7) is 3.57. The van der Waals surface area contributed by atoms with E-state index in [2.05, 4.69) is 16.3 Å². The van der Waals surface area contributed by atoms with Crippen LogP contribution in [0.15, 0.2) is 24.3 Å². The first-order valence-electron chi connectivity index (χ1n) is 7.49. The molecule has 1 aliphatic rings. The van der Waals surface area contributed by atoms with Crippen LogP contribution in [0.4, 0.5) is 0 Å². The lowest BCUT2D eigenvalue weighted by Crippen LogP contribution is -2.38. The summed E-state index contributed by atoms with van der Waals surface area (Å²) in [4.78, 5) is 2.47. The average Bonchev–Trinajstić information content (AvgIpc) is 2.48. The van der Waals surface area contributed by atoms with E-state index in [4.69, 9.17) is 11.6 Å². The van der Waals surface area contributed by atoms with Crippen LogP contribution in [0.25, 0.3) is 0 Å². The number of aliphatic hydroxyl groups is 1. The Morgan fingerprint density at radius 1 is 1.50 bits per heavy atom. The third-order valence-electron chi connectivity index (χ3n) is 4.19. The summed E-state index contributed by atoms with van der Waals surface area (Å²) in [5.41, 5.74) is 1.25. The zero-order valence-corrected chi connectivity index (χ0v) is 12.9. The Labute approximate surface area is 126 Å². The van der Waals surface area contributed by atoms with Gasteiger partial charge in [0.1, 0.15) is 0 Å². The van der Waals surface area contributed by atoms with Crippen molar-refractivity contribution in [3.05, 3.63) is 34.9 Å². The van der Waals surface area contributed by atoms with Crippen molar-refractivity contribution in [3.63, 3.8) is 0 Å². The summed E-state index contributed by atoms with van der Waals surface area (Å²) >= 11 is 6.07. The van der Waals surface area contributed by atoms with Crippen LogP contribution in [-0.4, -0.2) is 43.3 Å². The molecule has 0 amide bonds. The predicted molar refractivity (Wildman–Crippen MR) is 84.1 cm³/mol. The molecule has 2 atom stereocenters. The number of hydrogen-bond donors (Lipinski definition) is 2. The molecule has 0 saturated carbocycles. The van der Waals surface area contributed by atoms with Gasteiger partial charge in [-0.15, -0.1) is 0 Å². The second-order valence-corrected chi connectivity index (χ2v) is 6.11. The van der Waals surface area contributed by atoms with Gasteiger partial charge in [0.05, 0.1) is 0 Å². The minimum absolute atomic E-state index is 0.320. The van der Waals surface area contributed by atoms with Crippen LogP contribution in [0.3, 0.4) is 0 Å². The lowest BCUT2D eigenvalue weighted by molar-refractivity contribution is 0.117. The summed E-state index contributed by atoms with van der Waals surface area (Å²) in [5.74, 6) is 0.461. The number of aliphatic hydroxyl groups excluding tert-OH is 1. The number of likely N-dealkylation sites (tertiary alicyclic amines) is 1. The van der Waals surface area contributed by atoms with E-state index in [1.165, 1.54) is 12.0 Å². The van der Waals surface area contributed by atoms with E-state index < -0.39 is 0 Å². The zero-order chi connectivity index (χ0) is 14.4. The van der Waals surface area contributed by atoms with Crippen LogP contribution in [0.1, 0.15) is 30.9 Å². The van der Waals surface area contributed by atoms with E-state index >= 15 is 0 Å². The van der Waals surface area contributed by atoms with Crippen molar-refractivity contribution in [2.75, 3.05) is 33.3 Å². The molecule has 1 fully saturated rings. The van der Waals surface area contributed by atoms with E-state index in [1.54, 1.807) is 0 Å². The Morgan fingerprint density at radius 2 is 2.35 bits per heavy atom. The number of nitrogens with zero attached hydrogens (tertiary/aromatic N) is 1. The maximum absolute atomic E-state index is 9.29. The van der Waals surface area contributed by atoms with Gasteiger partial charge in [-0.25, -0.2) is 0 Å². The molecule has 1 aromatic rings. The van der Waals surface area contributed by atoms with Crippen molar-refractivity contribution in [2.45, 2.75) is 25.3 Å². The molecule has 0 aliphatic carbocycles. The fourth-order valence-electron chi connectivity index (χ4n) is 3.02. The highest BCUT2D eigenvalue weighted by Crippen LogP contribution is 2.22. The highest BCUT2D eigenvalue weighted by Gasteiger charge is 2.20. The predicted octanol–water partition coefficient (Wildman–Crippen LogP) is 2.69. The summed E-state index contributed by atoms with van der Waals surface area (Å²) in [6.07, 6.45) is 3.43. The maximum Gasteiger partial charge on any atom is 0.0471 e. The summed E-state index contributed by atoms with van der Waals surface area (Å²) < 4.78 is 0. The molecule has 112 valence electrons. The fraction of sp³-hybridized carbons (Fsp3) is 0.625. The zero-order valence-electron chi connectivity index (χ0n) is 12.2. The van der Waals surface area contributed by atoms with Crippen molar-refractivity contribution in [1.29, 1.82) is 0 Å². The van der Waals surface area contributed by atoms with Crippen LogP contribution in [0.5, 0.6) is 0 Å². The van der Waals surface area contributed by atoms with Gasteiger partial charge in [-0.05, 0) is 63.0 Å². The molecule has 2 N–H and O–H groups in total. The third-order valence-corrected chi connectivity index (χ3v) is 4.43. The standard InChI is InChI=1S/C16H25ClN2O/c1-18-16(14-5-2-6-15(17)10-14)7-9-19-8-3-4-13(11-19)12-20/h2,5-6,10,13,16,18,20H,3-4,7-9,11-12H2,1H3. The first-order valence-corrected chi connectivity index (χ1v) is 7.86. The molecule has 0 spiro atoms. The minimum Gasteiger partial charge on any atom is -0.396 e. The number of rotatable bonds is 6. The molecule has 2 unspecified atom stereocenters. The number of halogens is 1. The van der Waals surface area contributed by atoms with Gasteiger partial charge >= 0.3 is 0 Å². The van der Waals surface area contributed by atoms with Crippen molar-refractivity contribution in [1.82, 2.24) is 10.2 Å². The van der Waals surface area contributed by atoms with E-state index in [1.807, 2.05) is 25.2 Å². The Hall–Kier alpha value is -0.610. The molecule has 0 radical (unpaired) electrons. The SMILES string of the molecule is CNC(CCN1CCCC(CO)C1)c1cccc(Cl)c1. The van der Waals surface area contributed by atoms with Crippen LogP contribution in [0, 0.1) is 5.92 Å². The molecular formula is C16H25ClN2O. The molecule has 1 heterocycles. The lowest BCUT2D eigenvalue weighted by Gasteiger charge is -2.32. The second-order valence-electron chi connectivity index (χ2n) is 5.68. The van der Waals surface area contributed by atoms with Crippen molar-refractivity contribution < 1.29 is 5.11 Å². The Bertz CT molecular complexity index is 413. The molecule has 2 rings (SSSR count). The molecule has 3 nitrogen and oxygen atoms in total.